The van der Waals surface area contributed by atoms with Crippen LogP contribution in [-0.4, -0.2) is 14.9 Å². The first-order valence-electron chi connectivity index (χ1n) is 4.39. The topological polar surface area (TPSA) is 38.1 Å². The average Bonchev–Trinajstić information content (AvgIpc) is 2.29. The fourth-order valence-electron chi connectivity index (χ4n) is 1.23. The molecule has 0 bridgehead atoms. The van der Waals surface area contributed by atoms with Crippen molar-refractivity contribution in [3.8, 4) is 5.88 Å². The van der Waals surface area contributed by atoms with Gasteiger partial charge in [0.25, 0.3) is 0 Å². The van der Waals surface area contributed by atoms with Gasteiger partial charge in [0.05, 0.1) is 0 Å². The van der Waals surface area contributed by atoms with Crippen LogP contribution in [0.15, 0.2) is 6.07 Å². The number of hydrogen-bond donors (Lipinski definition) is 1. The van der Waals surface area contributed by atoms with Gasteiger partial charge in [0.15, 0.2) is 0 Å². The normalized spacial score (nSPS) is 11.0. The van der Waals surface area contributed by atoms with Crippen molar-refractivity contribution in [1.29, 1.82) is 0 Å². The van der Waals surface area contributed by atoms with Crippen LogP contribution in [0.3, 0.4) is 0 Å². The molecule has 1 heterocycles. The number of hydrogen-bond acceptors (Lipinski definition) is 2. The maximum absolute atomic E-state index is 9.15. The zero-order chi connectivity index (χ0) is 9.14. The van der Waals surface area contributed by atoms with Gasteiger partial charge in [0.2, 0.25) is 5.88 Å². The number of rotatable bonds is 3. The third kappa shape index (κ3) is 2.00. The van der Waals surface area contributed by atoms with Crippen LogP contribution in [0.4, 0.5) is 0 Å². The average molecular weight is 168 g/mol. The Morgan fingerprint density at radius 1 is 1.58 bits per heavy atom. The van der Waals surface area contributed by atoms with Gasteiger partial charge >= 0.3 is 0 Å². The summed E-state index contributed by atoms with van der Waals surface area (Å²) in [6.45, 7) is 7.22. The molecule has 0 amide bonds. The highest BCUT2D eigenvalue weighted by Crippen LogP contribution is 2.12. The van der Waals surface area contributed by atoms with Crippen LogP contribution in [-0.2, 0) is 13.0 Å². The van der Waals surface area contributed by atoms with Gasteiger partial charge in [-0.15, -0.1) is 5.10 Å². The van der Waals surface area contributed by atoms with Crippen molar-refractivity contribution in [3.05, 3.63) is 11.8 Å². The lowest BCUT2D eigenvalue weighted by atomic mass is 10.2. The maximum Gasteiger partial charge on any atom is 0.230 e. The largest absolute Gasteiger partial charge is 0.492 e. The third-order valence-electron chi connectivity index (χ3n) is 1.75. The van der Waals surface area contributed by atoms with E-state index in [1.54, 1.807) is 6.07 Å². The van der Waals surface area contributed by atoms with E-state index in [0.29, 0.717) is 5.92 Å². The Balaban J connectivity index is 2.81. The van der Waals surface area contributed by atoms with Crippen LogP contribution < -0.4 is 0 Å². The minimum absolute atomic E-state index is 0.132. The van der Waals surface area contributed by atoms with Crippen molar-refractivity contribution in [2.24, 2.45) is 5.92 Å². The highest BCUT2D eigenvalue weighted by molar-refractivity contribution is 5.13. The summed E-state index contributed by atoms with van der Waals surface area (Å²) >= 11 is 0. The minimum atomic E-state index is 0.132. The minimum Gasteiger partial charge on any atom is -0.492 e. The molecule has 0 aliphatic rings. The van der Waals surface area contributed by atoms with Crippen molar-refractivity contribution in [2.75, 3.05) is 0 Å². The SMILES string of the molecule is CCc1cc(O)nn1CC(C)C. The first-order valence-corrected chi connectivity index (χ1v) is 4.39. The highest BCUT2D eigenvalue weighted by atomic mass is 16.3. The number of aryl methyl sites for hydroxylation is 1. The number of nitrogens with zero attached hydrogens (tertiary/aromatic N) is 2. The van der Waals surface area contributed by atoms with Gasteiger partial charge in [-0.05, 0) is 12.3 Å². The second kappa shape index (κ2) is 3.61. The summed E-state index contributed by atoms with van der Waals surface area (Å²) in [5.74, 6) is 0.696. The molecule has 0 atom stereocenters. The number of aromatic nitrogens is 2. The molecule has 0 fully saturated rings. The van der Waals surface area contributed by atoms with E-state index in [-0.39, 0.29) is 5.88 Å². The first kappa shape index (κ1) is 9.10. The summed E-state index contributed by atoms with van der Waals surface area (Å²) in [5, 5.41) is 13.1. The lowest BCUT2D eigenvalue weighted by Gasteiger charge is -2.07. The summed E-state index contributed by atoms with van der Waals surface area (Å²) in [6, 6.07) is 1.72. The van der Waals surface area contributed by atoms with Crippen LogP contribution in [0.1, 0.15) is 26.5 Å². The molecule has 0 aliphatic carbocycles. The number of aromatic hydroxyl groups is 1. The monoisotopic (exact) mass is 168 g/mol. The third-order valence-corrected chi connectivity index (χ3v) is 1.75. The second-order valence-electron chi connectivity index (χ2n) is 3.42. The van der Waals surface area contributed by atoms with E-state index in [2.05, 4.69) is 25.9 Å². The van der Waals surface area contributed by atoms with Crippen molar-refractivity contribution in [1.82, 2.24) is 9.78 Å². The Labute approximate surface area is 73.0 Å². The molecule has 3 nitrogen and oxygen atoms in total. The smallest absolute Gasteiger partial charge is 0.230 e. The van der Waals surface area contributed by atoms with E-state index < -0.39 is 0 Å². The van der Waals surface area contributed by atoms with Crippen molar-refractivity contribution >= 4 is 0 Å². The molecule has 0 saturated heterocycles. The van der Waals surface area contributed by atoms with Gasteiger partial charge in [-0.3, -0.25) is 4.68 Å². The van der Waals surface area contributed by atoms with E-state index in [4.69, 9.17) is 5.11 Å². The summed E-state index contributed by atoms with van der Waals surface area (Å²) in [7, 11) is 0. The second-order valence-corrected chi connectivity index (χ2v) is 3.42. The molecule has 1 aromatic rings. The Bertz CT molecular complexity index is 253. The van der Waals surface area contributed by atoms with Crippen LogP contribution >= 0.6 is 0 Å². The van der Waals surface area contributed by atoms with Crippen LogP contribution in [0.25, 0.3) is 0 Å². The Hall–Kier alpha value is -0.990. The molecule has 12 heavy (non-hydrogen) atoms. The van der Waals surface area contributed by atoms with Crippen molar-refractivity contribution < 1.29 is 5.11 Å². The Morgan fingerprint density at radius 2 is 2.25 bits per heavy atom. The van der Waals surface area contributed by atoms with E-state index in [1.165, 1.54) is 0 Å². The lowest BCUT2D eigenvalue weighted by Crippen LogP contribution is -2.08. The Morgan fingerprint density at radius 3 is 2.75 bits per heavy atom. The zero-order valence-electron chi connectivity index (χ0n) is 7.91. The molecular formula is C9H16N2O. The first-order chi connectivity index (χ1) is 5.63. The molecule has 0 aromatic carbocycles. The quantitative estimate of drug-likeness (QED) is 0.747. The fraction of sp³-hybridized carbons (Fsp3) is 0.667. The molecular weight excluding hydrogens is 152 g/mol. The molecule has 0 spiro atoms. The van der Waals surface area contributed by atoms with E-state index in [0.717, 1.165) is 18.7 Å². The predicted octanol–water partition coefficient (Wildman–Crippen LogP) is 1.81. The molecule has 0 unspecified atom stereocenters. The van der Waals surface area contributed by atoms with E-state index in [9.17, 15) is 0 Å². The predicted molar refractivity (Wildman–Crippen MR) is 48.1 cm³/mol. The van der Waals surface area contributed by atoms with Gasteiger partial charge < -0.3 is 5.11 Å². The highest BCUT2D eigenvalue weighted by Gasteiger charge is 2.05. The van der Waals surface area contributed by atoms with Gasteiger partial charge in [0, 0.05) is 18.3 Å². The molecule has 1 rings (SSSR count). The standard InChI is InChI=1S/C9H16N2O/c1-4-8-5-9(12)10-11(8)6-7(2)3/h5,7H,4,6H2,1-3H3,(H,10,12). The molecule has 0 aliphatic heterocycles. The van der Waals surface area contributed by atoms with Crippen LogP contribution in [0.5, 0.6) is 5.88 Å². The molecule has 1 N–H and O–H groups in total. The van der Waals surface area contributed by atoms with Crippen molar-refractivity contribution in [3.63, 3.8) is 0 Å². The lowest BCUT2D eigenvalue weighted by molar-refractivity contribution is 0.416. The summed E-state index contributed by atoms with van der Waals surface area (Å²) in [5.41, 5.74) is 1.10. The summed E-state index contributed by atoms with van der Waals surface area (Å²) < 4.78 is 1.88. The molecule has 68 valence electrons. The zero-order valence-corrected chi connectivity index (χ0v) is 7.91. The maximum atomic E-state index is 9.15. The fourth-order valence-corrected chi connectivity index (χ4v) is 1.23. The van der Waals surface area contributed by atoms with Crippen molar-refractivity contribution in [2.45, 2.75) is 33.7 Å². The Kier molecular flexibility index (Phi) is 2.74. The van der Waals surface area contributed by atoms with Crippen LogP contribution in [0, 0.1) is 5.92 Å². The van der Waals surface area contributed by atoms with Gasteiger partial charge in [-0.25, -0.2) is 0 Å². The van der Waals surface area contributed by atoms with Gasteiger partial charge in [0.1, 0.15) is 0 Å². The summed E-state index contributed by atoms with van der Waals surface area (Å²) in [6.07, 6.45) is 0.917. The van der Waals surface area contributed by atoms with Gasteiger partial charge in [-0.2, -0.15) is 0 Å². The molecule has 0 saturated carbocycles. The summed E-state index contributed by atoms with van der Waals surface area (Å²) in [4.78, 5) is 0. The van der Waals surface area contributed by atoms with Crippen LogP contribution in [0.2, 0.25) is 0 Å². The van der Waals surface area contributed by atoms with Gasteiger partial charge in [-0.1, -0.05) is 20.8 Å². The molecule has 3 heteroatoms. The van der Waals surface area contributed by atoms with E-state index >= 15 is 0 Å². The molecule has 0 radical (unpaired) electrons. The molecule has 1 aromatic heterocycles. The van der Waals surface area contributed by atoms with E-state index in [1.807, 2.05) is 4.68 Å².